The SMILES string of the molecule is Cc1ccc(-n2oc(C(C)(C)C)c(COc3ccc(NS(=O)Oc4cc(N=Nc5cc(S(=O)(=O)N6CCOCC6)c(O)c6cccc(NS(C)(=O)=O)c56)ccc4Cl)cc3)c2=O)c(C)c1. The molecule has 1 unspecified atom stereocenters. The number of halogens is 1. The number of aromatic hydroxyl groups is 1. The standard InChI is InChI=1S/C43H45ClN6O11S3/c1-26-10-17-36(27(2)22-26)50-42(52)32(41(60-50)43(3,4)5)25-59-30-14-11-28(12-15-30)47-62(53)61-37-23-29(13-16-33(37)44)45-46-35-24-38(64(56,57)49-18-20-58-21-19-49)40(51)31-8-7-9-34(39(31)35)48-63(6,54)55/h7-17,22-24,47-48,51H,18-21,25H2,1-6H3. The number of phenolic OH excluding ortho intramolecular Hbond substituents is 1. The molecule has 1 saturated heterocycles. The highest BCUT2D eigenvalue weighted by Crippen LogP contribution is 2.44. The number of benzene rings is 5. The Balaban J connectivity index is 1.08. The average molecular weight is 954 g/mol. The van der Waals surface area contributed by atoms with Gasteiger partial charge in [0.1, 0.15) is 23.0 Å². The van der Waals surface area contributed by atoms with Crippen LogP contribution >= 0.6 is 11.6 Å². The Bertz CT molecular complexity index is 3090. The molecule has 1 aliphatic heterocycles. The number of ether oxygens (including phenoxy) is 2. The molecule has 64 heavy (non-hydrogen) atoms. The van der Waals surface area contributed by atoms with E-state index >= 15 is 0 Å². The molecule has 6 aromatic rings. The largest absolute Gasteiger partial charge is 0.506 e. The highest BCUT2D eigenvalue weighted by molar-refractivity contribution is 7.92. The molecule has 7 rings (SSSR count). The summed E-state index contributed by atoms with van der Waals surface area (Å²) in [5.74, 6) is 0.293. The van der Waals surface area contributed by atoms with Crippen molar-refractivity contribution in [1.82, 2.24) is 9.05 Å². The van der Waals surface area contributed by atoms with Crippen molar-refractivity contribution in [3.8, 4) is 22.9 Å². The number of rotatable bonds is 14. The Labute approximate surface area is 377 Å². The summed E-state index contributed by atoms with van der Waals surface area (Å²) in [7, 11) is -8.09. The number of azo groups is 1. The van der Waals surface area contributed by atoms with Gasteiger partial charge in [-0.1, -0.05) is 62.2 Å². The molecule has 1 aromatic heterocycles. The molecule has 0 spiro atoms. The summed E-state index contributed by atoms with van der Waals surface area (Å²) in [4.78, 5) is 13.2. The van der Waals surface area contributed by atoms with E-state index in [-0.39, 0.29) is 77.1 Å². The predicted molar refractivity (Wildman–Crippen MR) is 245 cm³/mol. The van der Waals surface area contributed by atoms with Crippen LogP contribution < -0.4 is 23.9 Å². The molecule has 17 nitrogen and oxygen atoms in total. The van der Waals surface area contributed by atoms with Gasteiger partial charge in [0.05, 0.1) is 52.8 Å². The number of hydrogen-bond donors (Lipinski definition) is 3. The predicted octanol–water partition coefficient (Wildman–Crippen LogP) is 8.31. The molecule has 0 amide bonds. The Hall–Kier alpha value is -5.77. The summed E-state index contributed by atoms with van der Waals surface area (Å²) in [5, 5.41) is 20.0. The minimum Gasteiger partial charge on any atom is -0.506 e. The van der Waals surface area contributed by atoms with Gasteiger partial charge in [0.2, 0.25) is 20.0 Å². The lowest BCUT2D eigenvalue weighted by atomic mass is 9.91. The van der Waals surface area contributed by atoms with E-state index in [2.05, 4.69) is 19.7 Å². The van der Waals surface area contributed by atoms with Gasteiger partial charge in [-0.05, 0) is 74.0 Å². The summed E-state index contributed by atoms with van der Waals surface area (Å²) < 4.78 is 96.0. The van der Waals surface area contributed by atoms with Crippen LogP contribution in [0.1, 0.15) is 43.2 Å². The molecular weight excluding hydrogens is 908 g/mol. The molecule has 21 heteroatoms. The first kappa shape index (κ1) is 46.2. The van der Waals surface area contributed by atoms with Gasteiger partial charge >= 0.3 is 11.3 Å². The molecule has 338 valence electrons. The normalized spacial score (nSPS) is 14.5. The van der Waals surface area contributed by atoms with Crippen molar-refractivity contribution in [3.63, 3.8) is 0 Å². The number of nitrogens with one attached hydrogen (secondary N) is 2. The van der Waals surface area contributed by atoms with Crippen LogP contribution in [0.4, 0.5) is 22.7 Å². The fraction of sp³-hybridized carbons (Fsp3) is 0.279. The molecule has 3 N–H and O–H groups in total. The zero-order valence-corrected chi connectivity index (χ0v) is 38.7. The molecule has 1 atom stereocenters. The van der Waals surface area contributed by atoms with Crippen LogP contribution in [-0.2, 0) is 48.1 Å². The van der Waals surface area contributed by atoms with Gasteiger partial charge < -0.3 is 23.3 Å². The van der Waals surface area contributed by atoms with E-state index in [1.165, 1.54) is 45.4 Å². The molecule has 0 saturated carbocycles. The second-order valence-electron chi connectivity index (χ2n) is 15.9. The summed E-state index contributed by atoms with van der Waals surface area (Å²) in [6.07, 6.45) is 0.945. The first-order valence-corrected chi connectivity index (χ1v) is 24.5. The van der Waals surface area contributed by atoms with Crippen molar-refractivity contribution >= 4 is 76.4 Å². The smallest absolute Gasteiger partial charge is 0.316 e. The van der Waals surface area contributed by atoms with Crippen LogP contribution in [0.15, 0.2) is 109 Å². The number of nitrogens with zero attached hydrogens (tertiary/aromatic N) is 4. The van der Waals surface area contributed by atoms with Gasteiger partial charge in [0.15, 0.2) is 11.5 Å². The molecular formula is C43H45ClN6O11S3. The lowest BCUT2D eigenvalue weighted by molar-refractivity contribution is 0.0730. The Morgan fingerprint density at radius 3 is 2.33 bits per heavy atom. The Morgan fingerprint density at radius 2 is 1.66 bits per heavy atom. The minimum absolute atomic E-state index is 0.00370. The van der Waals surface area contributed by atoms with E-state index in [0.717, 1.165) is 23.4 Å². The maximum absolute atomic E-state index is 13.8. The van der Waals surface area contributed by atoms with Gasteiger partial charge in [-0.25, -0.2) is 16.8 Å². The van der Waals surface area contributed by atoms with Gasteiger partial charge in [-0.3, -0.25) is 14.2 Å². The molecule has 5 aromatic carbocycles. The van der Waals surface area contributed by atoms with Crippen LogP contribution in [0.25, 0.3) is 16.5 Å². The second-order valence-corrected chi connectivity index (χ2v) is 20.8. The second kappa shape index (κ2) is 18.4. The number of sulfonamides is 2. The van der Waals surface area contributed by atoms with Crippen LogP contribution in [0.2, 0.25) is 5.02 Å². The number of morpholine rings is 1. The van der Waals surface area contributed by atoms with Crippen molar-refractivity contribution in [2.45, 2.75) is 51.5 Å². The van der Waals surface area contributed by atoms with Gasteiger partial charge in [0, 0.05) is 41.0 Å². The number of aromatic nitrogens is 1. The van der Waals surface area contributed by atoms with Crippen LogP contribution in [-0.4, -0.2) is 67.8 Å². The number of fused-ring (bicyclic) bond motifs is 1. The van der Waals surface area contributed by atoms with Gasteiger partial charge in [0.25, 0.3) is 5.56 Å². The van der Waals surface area contributed by atoms with Crippen molar-refractivity contribution in [2.24, 2.45) is 10.2 Å². The maximum atomic E-state index is 13.8. The molecule has 1 fully saturated rings. The van der Waals surface area contributed by atoms with Crippen LogP contribution in [0.5, 0.6) is 17.2 Å². The molecule has 0 aliphatic carbocycles. The van der Waals surface area contributed by atoms with Crippen LogP contribution in [0, 0.1) is 13.8 Å². The van der Waals surface area contributed by atoms with E-state index in [1.54, 1.807) is 24.3 Å². The van der Waals surface area contributed by atoms with E-state index in [0.29, 0.717) is 28.4 Å². The van der Waals surface area contributed by atoms with Crippen molar-refractivity contribution in [1.29, 1.82) is 0 Å². The Kier molecular flexibility index (Phi) is 13.3. The summed E-state index contributed by atoms with van der Waals surface area (Å²) in [6, 6.07) is 21.9. The highest BCUT2D eigenvalue weighted by atomic mass is 35.5. The zero-order chi connectivity index (χ0) is 46.1. The first-order valence-electron chi connectivity index (χ1n) is 19.7. The molecule has 0 bridgehead atoms. The number of hydrogen-bond acceptors (Lipinski definition) is 13. The van der Waals surface area contributed by atoms with E-state index < -0.39 is 47.4 Å². The Morgan fingerprint density at radius 1 is 0.938 bits per heavy atom. The maximum Gasteiger partial charge on any atom is 0.316 e. The monoisotopic (exact) mass is 952 g/mol. The van der Waals surface area contributed by atoms with E-state index in [1.807, 2.05) is 52.8 Å². The lowest BCUT2D eigenvalue weighted by Gasteiger charge is -2.26. The lowest BCUT2D eigenvalue weighted by Crippen LogP contribution is -2.40. The van der Waals surface area contributed by atoms with Crippen molar-refractivity contribution in [2.75, 3.05) is 42.0 Å². The third-order valence-corrected chi connectivity index (χ3v) is 13.5. The minimum atomic E-state index is -4.26. The molecule has 2 heterocycles. The van der Waals surface area contributed by atoms with E-state index in [9.17, 15) is 30.9 Å². The summed E-state index contributed by atoms with van der Waals surface area (Å²) >= 11 is 4.23. The highest BCUT2D eigenvalue weighted by Gasteiger charge is 2.32. The van der Waals surface area contributed by atoms with Crippen LogP contribution in [0.3, 0.4) is 0 Å². The van der Waals surface area contributed by atoms with E-state index in [4.69, 9.17) is 29.8 Å². The molecule has 0 radical (unpaired) electrons. The summed E-state index contributed by atoms with van der Waals surface area (Å²) in [5.41, 5.74) is 2.64. The van der Waals surface area contributed by atoms with Crippen molar-refractivity contribution in [3.05, 3.63) is 123 Å². The fourth-order valence-corrected chi connectivity index (χ4v) is 9.89. The third-order valence-electron chi connectivity index (χ3n) is 9.90. The number of aryl methyl sites for hydroxylation is 2. The number of anilines is 2. The molecule has 1 aliphatic rings. The summed E-state index contributed by atoms with van der Waals surface area (Å²) in [6.45, 7) is 10.1. The first-order chi connectivity index (χ1) is 30.2. The number of phenols is 1. The third kappa shape index (κ3) is 10.3. The van der Waals surface area contributed by atoms with Gasteiger partial charge in [-0.15, -0.1) is 9.85 Å². The van der Waals surface area contributed by atoms with Crippen molar-refractivity contribution < 1.29 is 44.3 Å². The quantitative estimate of drug-likeness (QED) is 0.0882. The zero-order valence-electron chi connectivity index (χ0n) is 35.5. The van der Waals surface area contributed by atoms with Gasteiger partial charge in [-0.2, -0.15) is 13.6 Å². The topological polar surface area (TPSA) is 220 Å². The fourth-order valence-electron chi connectivity index (χ4n) is 6.93. The average Bonchev–Trinajstić information content (AvgIpc) is 3.57.